The third-order valence-electron chi connectivity index (χ3n) is 4.50. The van der Waals surface area contributed by atoms with Crippen LogP contribution in [0.25, 0.3) is 0 Å². The lowest BCUT2D eigenvalue weighted by atomic mass is 10.0. The van der Waals surface area contributed by atoms with Gasteiger partial charge in [0.25, 0.3) is 5.69 Å². The Morgan fingerprint density at radius 2 is 2.03 bits per heavy atom. The molecular formula is C21H22N2O6S. The maximum absolute atomic E-state index is 12.4. The summed E-state index contributed by atoms with van der Waals surface area (Å²) in [6, 6.07) is 9.38. The van der Waals surface area contributed by atoms with Gasteiger partial charge in [0.2, 0.25) is 10.0 Å². The maximum Gasteiger partial charge on any atom is 0.270 e. The monoisotopic (exact) mass is 430 g/mol. The van der Waals surface area contributed by atoms with E-state index < -0.39 is 14.9 Å². The van der Waals surface area contributed by atoms with Gasteiger partial charge in [0, 0.05) is 24.1 Å². The lowest BCUT2D eigenvalue weighted by Crippen LogP contribution is -2.25. The average molecular weight is 430 g/mol. The van der Waals surface area contributed by atoms with E-state index in [2.05, 4.69) is 16.6 Å². The molecule has 2 aromatic rings. The fourth-order valence-corrected chi connectivity index (χ4v) is 4.31. The van der Waals surface area contributed by atoms with Gasteiger partial charge in [-0.15, -0.1) is 0 Å². The molecule has 1 aliphatic rings. The first-order chi connectivity index (χ1) is 14.1. The summed E-state index contributed by atoms with van der Waals surface area (Å²) in [5.74, 6) is 6.74. The molecule has 0 saturated heterocycles. The van der Waals surface area contributed by atoms with Crippen LogP contribution in [0.4, 0.5) is 5.69 Å². The van der Waals surface area contributed by atoms with Crippen molar-refractivity contribution in [2.75, 3.05) is 13.2 Å². The zero-order valence-corrected chi connectivity index (χ0v) is 17.7. The zero-order chi connectivity index (χ0) is 21.9. The number of nitrogens with zero attached hydrogens (tertiary/aromatic N) is 1. The Hall–Kier alpha value is -3.09. The van der Waals surface area contributed by atoms with Gasteiger partial charge < -0.3 is 9.47 Å². The minimum Gasteiger partial charge on any atom is -0.483 e. The van der Waals surface area contributed by atoms with Crippen LogP contribution < -0.4 is 14.2 Å². The Labute approximate surface area is 175 Å². The van der Waals surface area contributed by atoms with Crippen molar-refractivity contribution >= 4 is 15.7 Å². The molecule has 1 N–H and O–H groups in total. The van der Waals surface area contributed by atoms with E-state index in [-0.39, 0.29) is 29.3 Å². The second-order valence-electron chi connectivity index (χ2n) is 7.46. The van der Waals surface area contributed by atoms with Crippen LogP contribution in [-0.4, -0.2) is 32.1 Å². The summed E-state index contributed by atoms with van der Waals surface area (Å²) in [5.41, 5.74) is 0.910. The van der Waals surface area contributed by atoms with Crippen molar-refractivity contribution in [1.29, 1.82) is 0 Å². The number of nitrogens with one attached hydrogen (secondary N) is 1. The van der Waals surface area contributed by atoms with Crippen LogP contribution >= 0.6 is 0 Å². The molecule has 1 aliphatic heterocycles. The number of para-hydroxylation sites is 1. The summed E-state index contributed by atoms with van der Waals surface area (Å²) in [7, 11) is -3.93. The highest BCUT2D eigenvalue weighted by atomic mass is 32.2. The molecule has 0 aromatic heterocycles. The Bertz CT molecular complexity index is 1150. The first kappa shape index (κ1) is 21.6. The van der Waals surface area contributed by atoms with Gasteiger partial charge >= 0.3 is 0 Å². The number of aryl methyl sites for hydroxylation is 1. The number of nitro groups is 1. The van der Waals surface area contributed by atoms with Crippen molar-refractivity contribution in [3.63, 3.8) is 0 Å². The summed E-state index contributed by atoms with van der Waals surface area (Å²) in [6.07, 6.45) is 0.796. The topological polar surface area (TPSA) is 108 Å². The maximum atomic E-state index is 12.4. The molecule has 0 atom stereocenters. The molecular weight excluding hydrogens is 408 g/mol. The number of hydrogen-bond donors (Lipinski definition) is 1. The number of nitro benzene ring substituents is 1. The van der Waals surface area contributed by atoms with E-state index in [9.17, 15) is 18.5 Å². The van der Waals surface area contributed by atoms with E-state index in [0.717, 1.165) is 18.1 Å². The van der Waals surface area contributed by atoms with Crippen LogP contribution in [0.2, 0.25) is 0 Å². The molecule has 0 spiro atoms. The molecule has 0 fully saturated rings. The number of rotatable bonds is 6. The van der Waals surface area contributed by atoms with Crippen molar-refractivity contribution in [2.45, 2.75) is 37.7 Å². The van der Waals surface area contributed by atoms with Crippen molar-refractivity contribution in [3.05, 3.63) is 57.6 Å². The number of ether oxygens (including phenoxy) is 2. The summed E-state index contributed by atoms with van der Waals surface area (Å²) in [5, 5.41) is 10.9. The Morgan fingerprint density at radius 3 is 2.77 bits per heavy atom. The first-order valence-electron chi connectivity index (χ1n) is 9.23. The van der Waals surface area contributed by atoms with Crippen LogP contribution in [0.5, 0.6) is 11.5 Å². The van der Waals surface area contributed by atoms with Crippen molar-refractivity contribution in [1.82, 2.24) is 4.72 Å². The minimum atomic E-state index is -3.93. The molecule has 0 aliphatic carbocycles. The normalized spacial score (nSPS) is 14.2. The fourth-order valence-electron chi connectivity index (χ4n) is 3.13. The predicted octanol–water partition coefficient (Wildman–Crippen LogP) is 2.98. The standard InChI is InChI=1S/C21H22N2O6S/c1-15-9-10-17(23(24)25)13-19(15)30(26,27)22-11-4-5-12-28-18-8-6-7-16-14-21(2,3)29-20(16)18/h6-10,13,22H,11-12,14H2,1-3H3. The third-order valence-corrected chi connectivity index (χ3v) is 6.05. The van der Waals surface area contributed by atoms with E-state index in [1.807, 2.05) is 26.0 Å². The van der Waals surface area contributed by atoms with E-state index in [0.29, 0.717) is 17.1 Å². The van der Waals surface area contributed by atoms with Gasteiger partial charge in [-0.1, -0.05) is 30.0 Å². The highest BCUT2D eigenvalue weighted by Crippen LogP contribution is 2.41. The van der Waals surface area contributed by atoms with Crippen molar-refractivity contribution in [3.8, 4) is 23.3 Å². The van der Waals surface area contributed by atoms with Gasteiger partial charge in [-0.3, -0.25) is 10.1 Å². The summed E-state index contributed by atoms with van der Waals surface area (Å²) in [4.78, 5) is 10.1. The van der Waals surface area contributed by atoms with Gasteiger partial charge in [0.05, 0.1) is 16.4 Å². The molecule has 2 aromatic carbocycles. The molecule has 0 bridgehead atoms. The number of sulfonamides is 1. The first-order valence-corrected chi connectivity index (χ1v) is 10.7. The van der Waals surface area contributed by atoms with Crippen LogP contribution in [-0.2, 0) is 16.4 Å². The van der Waals surface area contributed by atoms with Crippen molar-refractivity contribution in [2.24, 2.45) is 0 Å². The molecule has 1 heterocycles. The van der Waals surface area contributed by atoms with Crippen LogP contribution in [0.3, 0.4) is 0 Å². The highest BCUT2D eigenvalue weighted by molar-refractivity contribution is 7.89. The second-order valence-corrected chi connectivity index (χ2v) is 9.19. The van der Waals surface area contributed by atoms with Gasteiger partial charge in [0.1, 0.15) is 12.2 Å². The van der Waals surface area contributed by atoms with Crippen LogP contribution in [0.15, 0.2) is 41.3 Å². The summed E-state index contributed by atoms with van der Waals surface area (Å²) in [6.45, 7) is 5.50. The Kier molecular flexibility index (Phi) is 6.01. The van der Waals surface area contributed by atoms with E-state index in [4.69, 9.17) is 9.47 Å². The molecule has 0 unspecified atom stereocenters. The van der Waals surface area contributed by atoms with Crippen molar-refractivity contribution < 1.29 is 22.8 Å². The molecule has 30 heavy (non-hydrogen) atoms. The predicted molar refractivity (Wildman–Crippen MR) is 111 cm³/mol. The summed E-state index contributed by atoms with van der Waals surface area (Å²) < 4.78 is 38.8. The molecule has 8 nitrogen and oxygen atoms in total. The SMILES string of the molecule is Cc1ccc([N+](=O)[O-])cc1S(=O)(=O)NCC#CCOc1cccc2c1OC(C)(C)C2. The lowest BCUT2D eigenvalue weighted by Gasteiger charge is -2.17. The number of non-ortho nitro benzene ring substituents is 1. The van der Waals surface area contributed by atoms with E-state index in [1.54, 1.807) is 13.0 Å². The zero-order valence-electron chi connectivity index (χ0n) is 16.9. The van der Waals surface area contributed by atoms with Gasteiger partial charge in [-0.05, 0) is 32.4 Å². The molecule has 158 valence electrons. The third kappa shape index (κ3) is 4.90. The summed E-state index contributed by atoms with van der Waals surface area (Å²) >= 11 is 0. The largest absolute Gasteiger partial charge is 0.483 e. The molecule has 0 amide bonds. The number of hydrogen-bond acceptors (Lipinski definition) is 6. The van der Waals surface area contributed by atoms with Crippen LogP contribution in [0, 0.1) is 28.9 Å². The molecule has 3 rings (SSSR count). The van der Waals surface area contributed by atoms with E-state index >= 15 is 0 Å². The molecule has 9 heteroatoms. The lowest BCUT2D eigenvalue weighted by molar-refractivity contribution is -0.385. The number of fused-ring (bicyclic) bond motifs is 1. The van der Waals surface area contributed by atoms with Gasteiger partial charge in [0.15, 0.2) is 11.5 Å². The van der Waals surface area contributed by atoms with Gasteiger partial charge in [-0.2, -0.15) is 4.72 Å². The molecule has 0 radical (unpaired) electrons. The Balaban J connectivity index is 1.59. The smallest absolute Gasteiger partial charge is 0.270 e. The number of benzene rings is 2. The van der Waals surface area contributed by atoms with Gasteiger partial charge in [-0.25, -0.2) is 8.42 Å². The Morgan fingerprint density at radius 1 is 1.27 bits per heavy atom. The minimum absolute atomic E-state index is 0.0673. The second kappa shape index (κ2) is 8.34. The highest BCUT2D eigenvalue weighted by Gasteiger charge is 2.32. The van der Waals surface area contributed by atoms with Crippen LogP contribution in [0.1, 0.15) is 25.0 Å². The fraction of sp³-hybridized carbons (Fsp3) is 0.333. The van der Waals surface area contributed by atoms with E-state index in [1.165, 1.54) is 12.1 Å². The molecule has 0 saturated carbocycles. The average Bonchev–Trinajstić information content (AvgIpc) is 2.99. The quantitative estimate of drug-likeness (QED) is 0.429.